The summed E-state index contributed by atoms with van der Waals surface area (Å²) in [4.78, 5) is 11.8. The van der Waals surface area contributed by atoms with Gasteiger partial charge in [0, 0.05) is 6.42 Å². The van der Waals surface area contributed by atoms with E-state index < -0.39 is 0 Å². The van der Waals surface area contributed by atoms with E-state index in [1.54, 1.807) is 6.21 Å². The van der Waals surface area contributed by atoms with Gasteiger partial charge >= 0.3 is 0 Å². The van der Waals surface area contributed by atoms with Crippen molar-refractivity contribution in [3.05, 3.63) is 102 Å². The Bertz CT molecular complexity index is 860. The Kier molecular flexibility index (Phi) is 6.76. The van der Waals surface area contributed by atoms with E-state index in [1.165, 1.54) is 0 Å². The Balaban J connectivity index is 1.41. The molecule has 136 valence electrons. The van der Waals surface area contributed by atoms with Crippen LogP contribution in [-0.2, 0) is 17.8 Å². The zero-order valence-corrected chi connectivity index (χ0v) is 15.0. The number of nitrogens with one attached hydrogen (secondary N) is 1. The summed E-state index contributed by atoms with van der Waals surface area (Å²) in [5.74, 6) is 0.695. The van der Waals surface area contributed by atoms with Gasteiger partial charge in [0.05, 0.1) is 6.21 Å². The van der Waals surface area contributed by atoms with Crippen LogP contribution in [-0.4, -0.2) is 12.1 Å². The number of hydrazone groups is 1. The van der Waals surface area contributed by atoms with Crippen LogP contribution in [0.15, 0.2) is 90.0 Å². The zero-order valence-electron chi connectivity index (χ0n) is 15.0. The topological polar surface area (TPSA) is 50.7 Å². The first-order chi connectivity index (χ1) is 13.3. The lowest BCUT2D eigenvalue weighted by Gasteiger charge is -2.06. The highest BCUT2D eigenvalue weighted by molar-refractivity contribution is 5.82. The molecule has 0 aromatic heterocycles. The highest BCUT2D eigenvalue weighted by Gasteiger charge is 2.00. The molecular formula is C23H22N2O2. The summed E-state index contributed by atoms with van der Waals surface area (Å²) in [5, 5.41) is 4.01. The standard InChI is InChI=1S/C23H22N2O2/c26-23(16-13-19-7-3-1-4-8-19)25-24-17-20-11-14-22(15-12-20)27-18-21-9-5-2-6-10-21/h1-12,14-15,17H,13,16,18H2,(H,25,26). The van der Waals surface area contributed by atoms with Crippen LogP contribution < -0.4 is 10.2 Å². The quantitative estimate of drug-likeness (QED) is 0.481. The highest BCUT2D eigenvalue weighted by atomic mass is 16.5. The molecule has 0 radical (unpaired) electrons. The van der Waals surface area contributed by atoms with Crippen LogP contribution in [0.4, 0.5) is 0 Å². The molecule has 0 unspecified atom stereocenters. The SMILES string of the molecule is O=C(CCc1ccccc1)NN=Cc1ccc(OCc2ccccc2)cc1. The number of rotatable bonds is 8. The van der Waals surface area contributed by atoms with E-state index in [9.17, 15) is 4.79 Å². The largest absolute Gasteiger partial charge is 0.489 e. The molecule has 0 aliphatic rings. The van der Waals surface area contributed by atoms with E-state index in [2.05, 4.69) is 10.5 Å². The number of carbonyl (C=O) groups excluding carboxylic acids is 1. The lowest BCUT2D eigenvalue weighted by atomic mass is 10.1. The van der Waals surface area contributed by atoms with Gasteiger partial charge in [-0.3, -0.25) is 4.79 Å². The Labute approximate surface area is 159 Å². The molecule has 3 aromatic rings. The average Bonchev–Trinajstić information content (AvgIpc) is 2.73. The van der Waals surface area contributed by atoms with Crippen LogP contribution in [0.3, 0.4) is 0 Å². The maximum atomic E-state index is 11.8. The van der Waals surface area contributed by atoms with Gasteiger partial charge in [-0.25, -0.2) is 5.43 Å². The van der Waals surface area contributed by atoms with E-state index in [4.69, 9.17) is 4.74 Å². The Morgan fingerprint density at radius 3 is 2.15 bits per heavy atom. The van der Waals surface area contributed by atoms with Gasteiger partial charge in [-0.15, -0.1) is 0 Å². The molecule has 0 spiro atoms. The van der Waals surface area contributed by atoms with Crippen molar-refractivity contribution in [2.45, 2.75) is 19.4 Å². The Morgan fingerprint density at radius 1 is 0.852 bits per heavy atom. The molecule has 0 atom stereocenters. The predicted molar refractivity (Wildman–Crippen MR) is 108 cm³/mol. The molecule has 3 rings (SSSR count). The maximum absolute atomic E-state index is 11.8. The fraction of sp³-hybridized carbons (Fsp3) is 0.130. The predicted octanol–water partition coefficient (Wildman–Crippen LogP) is 4.35. The van der Waals surface area contributed by atoms with Gasteiger partial charge in [0.2, 0.25) is 5.91 Å². The van der Waals surface area contributed by atoms with Crippen molar-refractivity contribution in [2.75, 3.05) is 0 Å². The molecule has 0 aliphatic carbocycles. The fourth-order valence-corrected chi connectivity index (χ4v) is 2.53. The van der Waals surface area contributed by atoms with Crippen LogP contribution in [0.5, 0.6) is 5.75 Å². The Hall–Kier alpha value is -3.40. The normalized spacial score (nSPS) is 10.7. The molecule has 0 saturated heterocycles. The molecule has 4 nitrogen and oxygen atoms in total. The molecule has 0 fully saturated rings. The zero-order chi connectivity index (χ0) is 18.7. The summed E-state index contributed by atoms with van der Waals surface area (Å²) >= 11 is 0. The summed E-state index contributed by atoms with van der Waals surface area (Å²) in [6, 6.07) is 27.5. The molecule has 4 heteroatoms. The van der Waals surface area contributed by atoms with Gasteiger partial charge in [-0.1, -0.05) is 60.7 Å². The minimum Gasteiger partial charge on any atom is -0.489 e. The minimum atomic E-state index is -0.0992. The third-order valence-electron chi connectivity index (χ3n) is 4.01. The molecule has 0 heterocycles. The third kappa shape index (κ3) is 6.44. The van der Waals surface area contributed by atoms with E-state index in [0.717, 1.165) is 22.4 Å². The molecule has 3 aromatic carbocycles. The number of hydrogen-bond donors (Lipinski definition) is 1. The molecule has 0 saturated carbocycles. The van der Waals surface area contributed by atoms with E-state index in [-0.39, 0.29) is 5.91 Å². The lowest BCUT2D eigenvalue weighted by Crippen LogP contribution is -2.17. The summed E-state index contributed by atoms with van der Waals surface area (Å²) in [7, 11) is 0. The van der Waals surface area contributed by atoms with Crippen molar-refractivity contribution in [1.82, 2.24) is 5.43 Å². The van der Waals surface area contributed by atoms with Gasteiger partial charge in [0.25, 0.3) is 0 Å². The van der Waals surface area contributed by atoms with Gasteiger partial charge in [0.15, 0.2) is 0 Å². The number of ether oxygens (including phenoxy) is 1. The summed E-state index contributed by atoms with van der Waals surface area (Å²) < 4.78 is 5.75. The summed E-state index contributed by atoms with van der Waals surface area (Å²) in [6.45, 7) is 0.533. The van der Waals surface area contributed by atoms with Crippen molar-refractivity contribution in [3.63, 3.8) is 0 Å². The fourth-order valence-electron chi connectivity index (χ4n) is 2.53. The number of hydrogen-bond acceptors (Lipinski definition) is 3. The van der Waals surface area contributed by atoms with Gasteiger partial charge in [-0.05, 0) is 47.4 Å². The number of aryl methyl sites for hydroxylation is 1. The molecule has 1 amide bonds. The van der Waals surface area contributed by atoms with Gasteiger partial charge < -0.3 is 4.74 Å². The molecule has 27 heavy (non-hydrogen) atoms. The second kappa shape index (κ2) is 9.92. The van der Waals surface area contributed by atoms with Crippen LogP contribution in [0.1, 0.15) is 23.1 Å². The van der Waals surface area contributed by atoms with Crippen molar-refractivity contribution in [2.24, 2.45) is 5.10 Å². The highest BCUT2D eigenvalue weighted by Crippen LogP contribution is 2.13. The van der Waals surface area contributed by atoms with Crippen LogP contribution in [0.25, 0.3) is 0 Å². The second-order valence-corrected chi connectivity index (χ2v) is 6.12. The number of carbonyl (C=O) groups is 1. The monoisotopic (exact) mass is 358 g/mol. The average molecular weight is 358 g/mol. The third-order valence-corrected chi connectivity index (χ3v) is 4.01. The smallest absolute Gasteiger partial charge is 0.240 e. The summed E-state index contributed by atoms with van der Waals surface area (Å²) in [6.07, 6.45) is 2.74. The second-order valence-electron chi connectivity index (χ2n) is 6.12. The minimum absolute atomic E-state index is 0.0992. The molecular weight excluding hydrogens is 336 g/mol. The van der Waals surface area contributed by atoms with Crippen LogP contribution in [0, 0.1) is 0 Å². The van der Waals surface area contributed by atoms with E-state index >= 15 is 0 Å². The van der Waals surface area contributed by atoms with Crippen molar-refractivity contribution < 1.29 is 9.53 Å². The van der Waals surface area contributed by atoms with E-state index in [0.29, 0.717) is 19.4 Å². The van der Waals surface area contributed by atoms with Crippen molar-refractivity contribution in [1.29, 1.82) is 0 Å². The Morgan fingerprint density at radius 2 is 1.48 bits per heavy atom. The molecule has 0 bridgehead atoms. The van der Waals surface area contributed by atoms with Crippen molar-refractivity contribution in [3.8, 4) is 5.75 Å². The number of benzene rings is 3. The first-order valence-electron chi connectivity index (χ1n) is 8.92. The van der Waals surface area contributed by atoms with E-state index in [1.807, 2.05) is 84.9 Å². The van der Waals surface area contributed by atoms with Gasteiger partial charge in [0.1, 0.15) is 12.4 Å². The van der Waals surface area contributed by atoms with Crippen LogP contribution in [0.2, 0.25) is 0 Å². The van der Waals surface area contributed by atoms with Gasteiger partial charge in [-0.2, -0.15) is 5.10 Å². The molecule has 1 N–H and O–H groups in total. The lowest BCUT2D eigenvalue weighted by molar-refractivity contribution is -0.121. The summed E-state index contributed by atoms with van der Waals surface area (Å²) in [5.41, 5.74) is 5.72. The van der Waals surface area contributed by atoms with Crippen LogP contribution >= 0.6 is 0 Å². The first-order valence-corrected chi connectivity index (χ1v) is 8.92. The van der Waals surface area contributed by atoms with Crippen molar-refractivity contribution >= 4 is 12.1 Å². The maximum Gasteiger partial charge on any atom is 0.240 e. The molecule has 0 aliphatic heterocycles. The first kappa shape index (κ1) is 18.4. The number of nitrogens with zero attached hydrogens (tertiary/aromatic N) is 1. The number of amides is 1.